The van der Waals surface area contributed by atoms with Gasteiger partial charge in [-0.15, -0.1) is 11.3 Å². The van der Waals surface area contributed by atoms with Crippen LogP contribution in [-0.4, -0.2) is 5.91 Å². The van der Waals surface area contributed by atoms with Crippen LogP contribution in [0.15, 0.2) is 6.07 Å². The van der Waals surface area contributed by atoms with E-state index in [0.29, 0.717) is 0 Å². The van der Waals surface area contributed by atoms with Crippen LogP contribution in [0.2, 0.25) is 0 Å². The van der Waals surface area contributed by atoms with Crippen molar-refractivity contribution < 1.29 is 4.79 Å². The molecule has 0 fully saturated rings. The Morgan fingerprint density at radius 2 is 2.00 bits per heavy atom. The van der Waals surface area contributed by atoms with Gasteiger partial charge in [0.1, 0.15) is 5.92 Å². The lowest BCUT2D eigenvalue weighted by molar-refractivity contribution is -0.125. The number of carbonyl (C=O) groups excluding carboxylic acids is 1. The highest BCUT2D eigenvalue weighted by atomic mass is 32.1. The lowest BCUT2D eigenvalue weighted by Gasteiger charge is -2.18. The van der Waals surface area contributed by atoms with Gasteiger partial charge in [-0.3, -0.25) is 4.79 Å². The summed E-state index contributed by atoms with van der Waals surface area (Å²) in [5.41, 5.74) is 1.14. The minimum atomic E-state index is -0.576. The van der Waals surface area contributed by atoms with Gasteiger partial charge in [0.05, 0.1) is 12.1 Å². The molecule has 0 aliphatic carbocycles. The van der Waals surface area contributed by atoms with Crippen molar-refractivity contribution in [3.63, 3.8) is 0 Å². The summed E-state index contributed by atoms with van der Waals surface area (Å²) in [6.45, 7) is 9.85. The number of nitrogens with zero attached hydrogens (tertiary/aromatic N) is 1. The highest BCUT2D eigenvalue weighted by Gasteiger charge is 2.24. The zero-order valence-electron chi connectivity index (χ0n) is 11.6. The van der Waals surface area contributed by atoms with E-state index in [4.69, 9.17) is 5.26 Å². The molecule has 1 aromatic heterocycles. The number of carbonyl (C=O) groups is 1. The van der Waals surface area contributed by atoms with Crippen molar-refractivity contribution in [2.24, 2.45) is 11.8 Å². The van der Waals surface area contributed by atoms with Crippen LogP contribution in [0.25, 0.3) is 0 Å². The zero-order chi connectivity index (χ0) is 13.9. The molecular weight excluding hydrogens is 244 g/mol. The Balaban J connectivity index is 2.77. The van der Waals surface area contributed by atoms with Crippen molar-refractivity contribution >= 4 is 17.2 Å². The Bertz CT molecular complexity index is 471. The molecule has 2 atom stereocenters. The first-order valence-electron chi connectivity index (χ1n) is 6.13. The molecular formula is C14H20N2OS. The summed E-state index contributed by atoms with van der Waals surface area (Å²) in [6.07, 6.45) is 0. The maximum absolute atomic E-state index is 12.0. The van der Waals surface area contributed by atoms with Gasteiger partial charge >= 0.3 is 0 Å². The number of amides is 1. The van der Waals surface area contributed by atoms with Gasteiger partial charge in [-0.2, -0.15) is 5.26 Å². The van der Waals surface area contributed by atoms with Crippen LogP contribution in [0.4, 0.5) is 0 Å². The van der Waals surface area contributed by atoms with E-state index < -0.39 is 5.92 Å². The molecule has 2 unspecified atom stereocenters. The molecule has 1 aromatic rings. The van der Waals surface area contributed by atoms with Crippen molar-refractivity contribution in [2.45, 2.75) is 40.7 Å². The van der Waals surface area contributed by atoms with Gasteiger partial charge in [0.15, 0.2) is 0 Å². The molecule has 0 saturated carbocycles. The number of nitrogens with one attached hydrogen (secondary N) is 1. The van der Waals surface area contributed by atoms with E-state index in [1.807, 2.05) is 20.8 Å². The third kappa shape index (κ3) is 3.33. The number of thiophene rings is 1. The summed E-state index contributed by atoms with van der Waals surface area (Å²) in [5, 5.41) is 11.9. The first kappa shape index (κ1) is 14.7. The van der Waals surface area contributed by atoms with E-state index in [1.165, 1.54) is 9.75 Å². The third-order valence-corrected chi connectivity index (χ3v) is 3.97. The monoisotopic (exact) mass is 264 g/mol. The highest BCUT2D eigenvalue weighted by Crippen LogP contribution is 2.26. The molecule has 18 heavy (non-hydrogen) atoms. The largest absolute Gasteiger partial charge is 0.348 e. The minimum absolute atomic E-state index is 0.0347. The summed E-state index contributed by atoms with van der Waals surface area (Å²) in [4.78, 5) is 14.4. The zero-order valence-corrected chi connectivity index (χ0v) is 12.4. The number of nitriles is 1. The van der Waals surface area contributed by atoms with Crippen LogP contribution >= 0.6 is 11.3 Å². The van der Waals surface area contributed by atoms with Crippen molar-refractivity contribution in [1.29, 1.82) is 5.26 Å². The molecule has 4 heteroatoms. The van der Waals surface area contributed by atoms with E-state index >= 15 is 0 Å². The van der Waals surface area contributed by atoms with Gasteiger partial charge in [0.25, 0.3) is 0 Å². The second-order valence-corrected chi connectivity index (χ2v) is 6.41. The summed E-state index contributed by atoms with van der Waals surface area (Å²) in [6, 6.07) is 4.12. The number of rotatable bonds is 4. The summed E-state index contributed by atoms with van der Waals surface area (Å²) in [5.74, 6) is -0.719. The van der Waals surface area contributed by atoms with E-state index in [9.17, 15) is 4.79 Å². The molecule has 0 aliphatic heterocycles. The summed E-state index contributed by atoms with van der Waals surface area (Å²) < 4.78 is 0. The first-order chi connectivity index (χ1) is 8.36. The Morgan fingerprint density at radius 3 is 2.39 bits per heavy atom. The minimum Gasteiger partial charge on any atom is -0.348 e. The predicted molar refractivity (Wildman–Crippen MR) is 74.3 cm³/mol. The van der Waals surface area contributed by atoms with E-state index in [0.717, 1.165) is 5.56 Å². The molecule has 3 nitrogen and oxygen atoms in total. The van der Waals surface area contributed by atoms with Gasteiger partial charge in [-0.05, 0) is 38.3 Å². The van der Waals surface area contributed by atoms with Crippen LogP contribution in [0.5, 0.6) is 0 Å². The molecule has 1 amide bonds. The van der Waals surface area contributed by atoms with E-state index in [2.05, 4.69) is 31.3 Å². The van der Waals surface area contributed by atoms with Crippen LogP contribution in [-0.2, 0) is 4.79 Å². The SMILES string of the molecule is Cc1cc(C(C)NC(=O)C(C#N)C(C)C)c(C)s1. The fraction of sp³-hybridized carbons (Fsp3) is 0.571. The van der Waals surface area contributed by atoms with Crippen LogP contribution < -0.4 is 5.32 Å². The summed E-state index contributed by atoms with van der Waals surface area (Å²) in [7, 11) is 0. The number of hydrogen-bond donors (Lipinski definition) is 1. The maximum Gasteiger partial charge on any atom is 0.238 e. The first-order valence-corrected chi connectivity index (χ1v) is 6.95. The average molecular weight is 264 g/mol. The smallest absolute Gasteiger partial charge is 0.238 e. The second-order valence-electron chi connectivity index (χ2n) is 4.95. The van der Waals surface area contributed by atoms with E-state index in [-0.39, 0.29) is 17.9 Å². The predicted octanol–water partition coefficient (Wildman–Crippen LogP) is 3.34. The molecule has 1 heterocycles. The maximum atomic E-state index is 12.0. The van der Waals surface area contributed by atoms with Gasteiger partial charge in [-0.25, -0.2) is 0 Å². The molecule has 98 valence electrons. The standard InChI is InChI=1S/C14H20N2OS/c1-8(2)13(7-15)14(17)16-10(4)12-6-9(3)18-11(12)5/h6,8,10,13H,1-5H3,(H,16,17). The molecule has 0 aromatic carbocycles. The van der Waals surface area contributed by atoms with Crippen molar-refractivity contribution in [2.75, 3.05) is 0 Å². The topological polar surface area (TPSA) is 52.9 Å². The van der Waals surface area contributed by atoms with Crippen LogP contribution in [0, 0.1) is 37.0 Å². The number of hydrogen-bond acceptors (Lipinski definition) is 3. The van der Waals surface area contributed by atoms with Crippen LogP contribution in [0.1, 0.15) is 42.1 Å². The van der Waals surface area contributed by atoms with Gasteiger partial charge < -0.3 is 5.32 Å². The Hall–Kier alpha value is -1.34. The Labute approximate surface area is 113 Å². The molecule has 0 aliphatic rings. The van der Waals surface area contributed by atoms with Gasteiger partial charge in [-0.1, -0.05) is 13.8 Å². The fourth-order valence-electron chi connectivity index (χ4n) is 1.97. The molecule has 0 bridgehead atoms. The van der Waals surface area contributed by atoms with E-state index in [1.54, 1.807) is 11.3 Å². The van der Waals surface area contributed by atoms with Crippen molar-refractivity contribution in [3.05, 3.63) is 21.4 Å². The third-order valence-electron chi connectivity index (χ3n) is 2.99. The van der Waals surface area contributed by atoms with Gasteiger partial charge in [0, 0.05) is 9.75 Å². The molecule has 1 N–H and O–H groups in total. The van der Waals surface area contributed by atoms with Crippen molar-refractivity contribution in [3.8, 4) is 6.07 Å². The average Bonchev–Trinajstić information content (AvgIpc) is 2.58. The lowest BCUT2D eigenvalue weighted by Crippen LogP contribution is -2.34. The molecule has 0 radical (unpaired) electrons. The van der Waals surface area contributed by atoms with Crippen LogP contribution in [0.3, 0.4) is 0 Å². The second kappa shape index (κ2) is 6.01. The Kier molecular flexibility index (Phi) is 4.92. The molecule has 1 rings (SSSR count). The number of aryl methyl sites for hydroxylation is 2. The summed E-state index contributed by atoms with van der Waals surface area (Å²) >= 11 is 1.73. The Morgan fingerprint density at radius 1 is 1.39 bits per heavy atom. The highest BCUT2D eigenvalue weighted by molar-refractivity contribution is 7.12. The fourth-order valence-corrected chi connectivity index (χ4v) is 2.99. The quantitative estimate of drug-likeness (QED) is 0.906. The molecule has 0 saturated heterocycles. The van der Waals surface area contributed by atoms with Gasteiger partial charge in [0.2, 0.25) is 5.91 Å². The normalized spacial score (nSPS) is 14.1. The molecule has 0 spiro atoms. The van der Waals surface area contributed by atoms with Crippen molar-refractivity contribution in [1.82, 2.24) is 5.32 Å². The lowest BCUT2D eigenvalue weighted by atomic mass is 9.96.